The molecule has 0 aliphatic heterocycles. The van der Waals surface area contributed by atoms with Gasteiger partial charge in [-0.25, -0.2) is 0 Å². The fraction of sp³-hybridized carbons (Fsp3) is 0.375. The van der Waals surface area contributed by atoms with Gasteiger partial charge in [0.1, 0.15) is 0 Å². The number of thioether (sulfide) groups is 1. The number of nitrogens with zero attached hydrogens (tertiary/aromatic N) is 4. The van der Waals surface area contributed by atoms with Gasteiger partial charge >= 0.3 is 0 Å². The van der Waals surface area contributed by atoms with Crippen LogP contribution in [0.5, 0.6) is 0 Å². The Bertz CT molecular complexity index is 1050. The van der Waals surface area contributed by atoms with E-state index in [1.54, 1.807) is 12.0 Å². The van der Waals surface area contributed by atoms with Crippen molar-refractivity contribution >= 4 is 17.7 Å². The predicted octanol–water partition coefficient (Wildman–Crippen LogP) is 4.27. The zero-order chi connectivity index (χ0) is 22.4. The van der Waals surface area contributed by atoms with Gasteiger partial charge in [0, 0.05) is 26.3 Å². The number of ether oxygens (including phenoxy) is 1. The van der Waals surface area contributed by atoms with E-state index in [9.17, 15) is 4.79 Å². The summed E-state index contributed by atoms with van der Waals surface area (Å²) in [5, 5.41) is 9.49. The maximum Gasteiger partial charge on any atom is 0.233 e. The Morgan fingerprint density at radius 2 is 1.87 bits per heavy atom. The summed E-state index contributed by atoms with van der Waals surface area (Å²) in [7, 11) is 3.52. The lowest BCUT2D eigenvalue weighted by molar-refractivity contribution is -0.127. The standard InChI is InChI=1S/C24H30N4O2S/c1-17-7-6-8-20(14-17)23-25-26-24(28(23)11-12-30-5)31-16-22(29)27(4)15-21-10-9-18(2)13-19(21)3/h6-10,13-14H,11-12,15-16H2,1-5H3. The average Bonchev–Trinajstić information content (AvgIpc) is 3.15. The molecule has 1 heterocycles. The molecule has 7 heteroatoms. The molecule has 0 radical (unpaired) electrons. The Morgan fingerprint density at radius 1 is 1.10 bits per heavy atom. The van der Waals surface area contributed by atoms with Crippen molar-refractivity contribution in [3.63, 3.8) is 0 Å². The van der Waals surface area contributed by atoms with Gasteiger partial charge in [-0.3, -0.25) is 9.36 Å². The third kappa shape index (κ3) is 5.95. The Balaban J connectivity index is 1.70. The minimum atomic E-state index is 0.0587. The number of aryl methyl sites for hydroxylation is 3. The van der Waals surface area contributed by atoms with Crippen LogP contribution in [-0.2, 0) is 22.6 Å². The number of carbonyl (C=O) groups is 1. The lowest BCUT2D eigenvalue weighted by Crippen LogP contribution is -2.28. The Hall–Kier alpha value is -2.64. The summed E-state index contributed by atoms with van der Waals surface area (Å²) < 4.78 is 7.30. The van der Waals surface area contributed by atoms with Crippen LogP contribution in [0.1, 0.15) is 22.3 Å². The van der Waals surface area contributed by atoms with Crippen molar-refractivity contribution in [1.82, 2.24) is 19.7 Å². The van der Waals surface area contributed by atoms with Crippen LogP contribution in [0.3, 0.4) is 0 Å². The molecule has 0 unspecified atom stereocenters. The molecule has 0 aliphatic rings. The summed E-state index contributed by atoms with van der Waals surface area (Å²) in [4.78, 5) is 14.5. The van der Waals surface area contributed by atoms with Crippen LogP contribution >= 0.6 is 11.8 Å². The van der Waals surface area contributed by atoms with Crippen LogP contribution < -0.4 is 0 Å². The predicted molar refractivity (Wildman–Crippen MR) is 125 cm³/mol. The van der Waals surface area contributed by atoms with Crippen molar-refractivity contribution in [1.29, 1.82) is 0 Å². The Labute approximate surface area is 188 Å². The van der Waals surface area contributed by atoms with Gasteiger partial charge in [0.15, 0.2) is 11.0 Å². The van der Waals surface area contributed by atoms with Crippen LogP contribution in [0.25, 0.3) is 11.4 Å². The first kappa shape index (κ1) is 23.0. The zero-order valence-electron chi connectivity index (χ0n) is 18.9. The second kappa shape index (κ2) is 10.6. The van der Waals surface area contributed by atoms with E-state index >= 15 is 0 Å². The summed E-state index contributed by atoms with van der Waals surface area (Å²) in [6.07, 6.45) is 0. The van der Waals surface area contributed by atoms with E-state index in [1.165, 1.54) is 22.9 Å². The molecule has 3 rings (SSSR count). The fourth-order valence-electron chi connectivity index (χ4n) is 3.38. The minimum absolute atomic E-state index is 0.0587. The summed E-state index contributed by atoms with van der Waals surface area (Å²) >= 11 is 1.41. The highest BCUT2D eigenvalue weighted by Crippen LogP contribution is 2.25. The van der Waals surface area contributed by atoms with E-state index in [4.69, 9.17) is 4.74 Å². The first-order chi connectivity index (χ1) is 14.9. The molecule has 2 aromatic carbocycles. The highest BCUT2D eigenvalue weighted by Gasteiger charge is 2.17. The summed E-state index contributed by atoms with van der Waals surface area (Å²) in [5.74, 6) is 1.16. The molecule has 0 aliphatic carbocycles. The molecule has 6 nitrogen and oxygen atoms in total. The molecular weight excluding hydrogens is 408 g/mol. The molecule has 0 saturated carbocycles. The van der Waals surface area contributed by atoms with Crippen molar-refractivity contribution in [2.45, 2.75) is 39.0 Å². The van der Waals surface area contributed by atoms with E-state index in [2.05, 4.69) is 61.3 Å². The van der Waals surface area contributed by atoms with Crippen LogP contribution in [0.2, 0.25) is 0 Å². The summed E-state index contributed by atoms with van der Waals surface area (Å²) in [6.45, 7) is 7.98. The highest BCUT2D eigenvalue weighted by molar-refractivity contribution is 7.99. The molecule has 0 saturated heterocycles. The van der Waals surface area contributed by atoms with Crippen molar-refractivity contribution in [3.8, 4) is 11.4 Å². The number of amides is 1. The number of aromatic nitrogens is 3. The van der Waals surface area contributed by atoms with Gasteiger partial charge in [-0.05, 0) is 38.0 Å². The van der Waals surface area contributed by atoms with Gasteiger partial charge in [0.2, 0.25) is 5.91 Å². The normalized spacial score (nSPS) is 11.0. The average molecular weight is 439 g/mol. The Kier molecular flexibility index (Phi) is 7.87. The van der Waals surface area contributed by atoms with Crippen LogP contribution in [0.4, 0.5) is 0 Å². The highest BCUT2D eigenvalue weighted by atomic mass is 32.2. The lowest BCUT2D eigenvalue weighted by atomic mass is 10.1. The number of methoxy groups -OCH3 is 1. The smallest absolute Gasteiger partial charge is 0.233 e. The maximum atomic E-state index is 12.8. The molecule has 0 N–H and O–H groups in total. The van der Waals surface area contributed by atoms with E-state index in [-0.39, 0.29) is 5.91 Å². The fourth-order valence-corrected chi connectivity index (χ4v) is 4.29. The number of rotatable bonds is 9. The summed E-state index contributed by atoms with van der Waals surface area (Å²) in [6, 6.07) is 14.5. The van der Waals surface area contributed by atoms with Crippen molar-refractivity contribution < 1.29 is 9.53 Å². The SMILES string of the molecule is COCCn1c(SCC(=O)N(C)Cc2ccc(C)cc2C)nnc1-c1cccc(C)c1. The molecule has 0 bridgehead atoms. The molecule has 1 aromatic heterocycles. The van der Waals surface area contributed by atoms with E-state index in [0.29, 0.717) is 25.4 Å². The molecule has 0 spiro atoms. The Morgan fingerprint density at radius 3 is 2.58 bits per heavy atom. The largest absolute Gasteiger partial charge is 0.383 e. The van der Waals surface area contributed by atoms with E-state index < -0.39 is 0 Å². The van der Waals surface area contributed by atoms with Crippen LogP contribution in [0.15, 0.2) is 47.6 Å². The van der Waals surface area contributed by atoms with Crippen molar-refractivity contribution in [2.24, 2.45) is 0 Å². The number of hydrogen-bond acceptors (Lipinski definition) is 5. The second-order valence-electron chi connectivity index (χ2n) is 7.79. The van der Waals surface area contributed by atoms with E-state index in [0.717, 1.165) is 27.7 Å². The molecule has 164 valence electrons. The molecule has 0 fully saturated rings. The molecule has 1 amide bonds. The lowest BCUT2D eigenvalue weighted by Gasteiger charge is -2.18. The van der Waals surface area contributed by atoms with Gasteiger partial charge in [-0.2, -0.15) is 0 Å². The van der Waals surface area contributed by atoms with Crippen molar-refractivity contribution in [3.05, 3.63) is 64.7 Å². The number of benzene rings is 2. The number of carbonyl (C=O) groups excluding carboxylic acids is 1. The first-order valence-electron chi connectivity index (χ1n) is 10.3. The first-order valence-corrected chi connectivity index (χ1v) is 11.3. The van der Waals surface area contributed by atoms with Gasteiger partial charge < -0.3 is 9.64 Å². The van der Waals surface area contributed by atoms with E-state index in [1.807, 2.05) is 23.7 Å². The van der Waals surface area contributed by atoms with Crippen molar-refractivity contribution in [2.75, 3.05) is 26.5 Å². The number of hydrogen-bond donors (Lipinski definition) is 0. The second-order valence-corrected chi connectivity index (χ2v) is 8.73. The van der Waals surface area contributed by atoms with Gasteiger partial charge in [-0.15, -0.1) is 10.2 Å². The maximum absolute atomic E-state index is 12.8. The van der Waals surface area contributed by atoms with Gasteiger partial charge in [0.25, 0.3) is 0 Å². The van der Waals surface area contributed by atoms with Crippen LogP contribution in [0, 0.1) is 20.8 Å². The third-order valence-electron chi connectivity index (χ3n) is 5.17. The van der Waals surface area contributed by atoms with Crippen LogP contribution in [-0.4, -0.2) is 52.1 Å². The molecule has 3 aromatic rings. The third-order valence-corrected chi connectivity index (χ3v) is 6.12. The monoisotopic (exact) mass is 438 g/mol. The van der Waals surface area contributed by atoms with Gasteiger partial charge in [0.05, 0.1) is 18.9 Å². The topological polar surface area (TPSA) is 60.2 Å². The molecular formula is C24H30N4O2S. The van der Waals surface area contributed by atoms with Gasteiger partial charge in [-0.1, -0.05) is 59.3 Å². The molecule has 0 atom stereocenters. The zero-order valence-corrected chi connectivity index (χ0v) is 19.7. The quantitative estimate of drug-likeness (QED) is 0.467. The minimum Gasteiger partial charge on any atom is -0.383 e. The summed E-state index contributed by atoms with van der Waals surface area (Å²) in [5.41, 5.74) is 5.77. The molecule has 31 heavy (non-hydrogen) atoms.